The maximum Gasteiger partial charge on any atom is 2.00 e. The summed E-state index contributed by atoms with van der Waals surface area (Å²) in [5.41, 5.74) is 1.06. The summed E-state index contributed by atoms with van der Waals surface area (Å²) in [4.78, 5) is 15.3. The van der Waals surface area contributed by atoms with Gasteiger partial charge in [-0.2, -0.15) is 0 Å². The van der Waals surface area contributed by atoms with E-state index in [-0.39, 0.29) is 31.0 Å². The summed E-state index contributed by atoms with van der Waals surface area (Å²) < 4.78 is 0. The van der Waals surface area contributed by atoms with Crippen LogP contribution in [0.2, 0.25) is 0 Å². The van der Waals surface area contributed by atoms with Crippen LogP contribution < -0.4 is 0 Å². The van der Waals surface area contributed by atoms with E-state index >= 15 is 0 Å². The Balaban J connectivity index is 0.00000112. The van der Waals surface area contributed by atoms with Crippen molar-refractivity contribution >= 4 is 16.7 Å². The van der Waals surface area contributed by atoms with Gasteiger partial charge in [0.05, 0.1) is 0 Å². The monoisotopic (exact) mass is 251 g/mol. The van der Waals surface area contributed by atoms with Crippen LogP contribution in [0.25, 0.3) is 10.9 Å². The van der Waals surface area contributed by atoms with Crippen LogP contribution in [0.15, 0.2) is 30.5 Å². The van der Waals surface area contributed by atoms with Crippen molar-refractivity contribution < 1.29 is 29.4 Å². The van der Waals surface area contributed by atoms with Gasteiger partial charge in [0, 0.05) is 17.1 Å². The summed E-state index contributed by atoms with van der Waals surface area (Å²) in [5, 5.41) is 10.2. The Hall–Kier alpha value is -1.28. The maximum atomic E-state index is 11.3. The maximum absolute atomic E-state index is 11.3. The summed E-state index contributed by atoms with van der Waals surface area (Å²) in [5.74, 6) is 0.0774. The molecule has 4 heteroatoms. The molecule has 0 saturated heterocycles. The van der Waals surface area contributed by atoms with Crippen LogP contribution in [-0.4, -0.2) is 15.9 Å². The Bertz CT molecular complexity index is 511. The number of aromatic nitrogens is 1. The first-order valence-corrected chi connectivity index (χ1v) is 4.28. The molecule has 0 amide bonds. The van der Waals surface area contributed by atoms with Crippen LogP contribution in [0.1, 0.15) is 17.3 Å². The van der Waals surface area contributed by atoms with E-state index in [2.05, 4.69) is 4.98 Å². The number of carbonyl (C=O) groups excluding carboxylic acids is 1. The van der Waals surface area contributed by atoms with Crippen molar-refractivity contribution in [3.8, 4) is 5.75 Å². The van der Waals surface area contributed by atoms with Crippen molar-refractivity contribution in [1.29, 1.82) is 0 Å². The molecule has 2 rings (SSSR count). The molecule has 1 heterocycles. The number of phenolic OH excluding ortho intramolecular Hbond substituents is 1. The van der Waals surface area contributed by atoms with E-state index in [1.165, 1.54) is 13.0 Å². The molecular weight excluding hydrogens is 244 g/mol. The summed E-state index contributed by atoms with van der Waals surface area (Å²) in [6, 6.07) is 6.63. The minimum absolute atomic E-state index is 0. The smallest absolute Gasteiger partial charge is 0.506 e. The van der Waals surface area contributed by atoms with Gasteiger partial charge in [-0.25, -0.2) is 0 Å². The molecule has 0 atom stereocenters. The average molecular weight is 253 g/mol. The van der Waals surface area contributed by atoms with E-state index in [4.69, 9.17) is 0 Å². The van der Waals surface area contributed by atoms with Gasteiger partial charge in [0.15, 0.2) is 5.78 Å². The predicted molar refractivity (Wildman–Crippen MR) is 53.4 cm³/mol. The summed E-state index contributed by atoms with van der Waals surface area (Å²) in [7, 11) is 0. The average Bonchev–Trinajstić information content (AvgIpc) is 2.18. The molecule has 2 aromatic rings. The second-order valence-corrected chi connectivity index (χ2v) is 3.09. The molecule has 0 unspecified atom stereocenters. The number of rotatable bonds is 1. The van der Waals surface area contributed by atoms with E-state index in [9.17, 15) is 9.90 Å². The zero-order chi connectivity index (χ0) is 10.1. The fourth-order valence-corrected chi connectivity index (χ4v) is 1.46. The molecule has 0 aliphatic heterocycles. The first-order chi connectivity index (χ1) is 6.70. The van der Waals surface area contributed by atoms with Crippen LogP contribution in [0.5, 0.6) is 5.75 Å². The fraction of sp³-hybridized carbons (Fsp3) is 0.0909. The zero-order valence-electron chi connectivity index (χ0n) is 8.40. The van der Waals surface area contributed by atoms with Gasteiger partial charge in [-0.3, -0.25) is 9.78 Å². The molecule has 3 nitrogen and oxygen atoms in total. The first kappa shape index (κ1) is 11.8. The second kappa shape index (κ2) is 4.50. The number of nitrogens with zero attached hydrogens (tertiary/aromatic N) is 1. The molecule has 0 aliphatic rings. The first-order valence-electron chi connectivity index (χ1n) is 4.28. The molecule has 0 bridgehead atoms. The molecule has 1 N–H and O–H groups in total. The number of fused-ring (bicyclic) bond motifs is 1. The third-order valence-corrected chi connectivity index (χ3v) is 2.13. The summed E-state index contributed by atoms with van der Waals surface area (Å²) in [6.07, 6.45) is 1.59. The van der Waals surface area contributed by atoms with Crippen LogP contribution >= 0.6 is 0 Å². The normalized spacial score (nSPS) is 9.67. The Morgan fingerprint density at radius 3 is 2.73 bits per heavy atom. The van der Waals surface area contributed by atoms with Crippen molar-refractivity contribution in [3.63, 3.8) is 0 Å². The van der Waals surface area contributed by atoms with Crippen molar-refractivity contribution in [3.05, 3.63) is 36.0 Å². The molecule has 0 aliphatic carbocycles. The molecule has 0 radical (unpaired) electrons. The topological polar surface area (TPSA) is 50.2 Å². The number of aromatic hydroxyl groups is 1. The Morgan fingerprint density at radius 2 is 2.07 bits per heavy atom. The number of hydrogen-bond donors (Lipinski definition) is 1. The zero-order valence-corrected chi connectivity index (χ0v) is 11.4. The van der Waals surface area contributed by atoms with Crippen LogP contribution in [0.4, 0.5) is 0 Å². The molecule has 0 spiro atoms. The van der Waals surface area contributed by atoms with Gasteiger partial charge in [0.1, 0.15) is 11.3 Å². The van der Waals surface area contributed by atoms with Crippen molar-refractivity contribution in [2.75, 3.05) is 0 Å². The summed E-state index contributed by atoms with van der Waals surface area (Å²) in [6.45, 7) is 1.50. The Morgan fingerprint density at radius 1 is 1.33 bits per heavy atom. The van der Waals surface area contributed by atoms with E-state index < -0.39 is 0 Å². The van der Waals surface area contributed by atoms with Gasteiger partial charge in [-0.05, 0) is 25.1 Å². The van der Waals surface area contributed by atoms with Crippen molar-refractivity contribution in [1.82, 2.24) is 4.98 Å². The number of ketones is 1. The van der Waals surface area contributed by atoms with E-state index in [1.807, 2.05) is 0 Å². The van der Waals surface area contributed by atoms with Gasteiger partial charge in [-0.15, -0.1) is 0 Å². The number of Topliss-reactive ketones (excluding diaryl/α,β-unsaturated/α-hetero) is 1. The van der Waals surface area contributed by atoms with Gasteiger partial charge in [0.2, 0.25) is 0 Å². The number of carbonyl (C=O) groups is 1. The van der Waals surface area contributed by atoms with Gasteiger partial charge >= 0.3 is 19.5 Å². The van der Waals surface area contributed by atoms with E-state index in [1.54, 1.807) is 24.4 Å². The summed E-state index contributed by atoms with van der Waals surface area (Å²) >= 11 is 0. The fourth-order valence-electron chi connectivity index (χ4n) is 1.46. The number of hydrogen-bond acceptors (Lipinski definition) is 3. The molecule has 0 fully saturated rings. The van der Waals surface area contributed by atoms with Crippen LogP contribution in [0, 0.1) is 0 Å². The molecule has 1 aromatic heterocycles. The van der Waals surface area contributed by atoms with Crippen molar-refractivity contribution in [2.24, 2.45) is 0 Å². The third kappa shape index (κ3) is 2.05. The van der Waals surface area contributed by atoms with Gasteiger partial charge in [0.25, 0.3) is 0 Å². The number of pyridine rings is 1. The minimum Gasteiger partial charge on any atom is -0.506 e. The number of benzene rings is 1. The standard InChI is InChI=1S/C11H9NO2.Zn/c1-7(13)8-4-5-10(14)11-9(8)3-2-6-12-11;/h2-6,14H,1H3;/q;+2. The largest absolute Gasteiger partial charge is 2.00 e. The SMILES string of the molecule is CC(=O)c1ccc(O)c2ncccc12.[Zn+2]. The Labute approximate surface area is 99.9 Å². The van der Waals surface area contributed by atoms with Crippen LogP contribution in [-0.2, 0) is 19.5 Å². The number of phenols is 1. The predicted octanol–water partition coefficient (Wildman–Crippen LogP) is 2.14. The second-order valence-electron chi connectivity index (χ2n) is 3.09. The van der Waals surface area contributed by atoms with Crippen LogP contribution in [0.3, 0.4) is 0 Å². The van der Waals surface area contributed by atoms with Crippen molar-refractivity contribution in [2.45, 2.75) is 6.92 Å². The molecular formula is C11H9NO2Zn+2. The minimum atomic E-state index is -0.0250. The third-order valence-electron chi connectivity index (χ3n) is 2.13. The molecule has 70 valence electrons. The molecule has 15 heavy (non-hydrogen) atoms. The molecule has 0 saturated carbocycles. The quantitative estimate of drug-likeness (QED) is 0.625. The van der Waals surface area contributed by atoms with E-state index in [0.29, 0.717) is 16.5 Å². The molecule has 1 aromatic carbocycles. The van der Waals surface area contributed by atoms with Gasteiger partial charge < -0.3 is 5.11 Å². The Kier molecular flexibility index (Phi) is 3.54. The van der Waals surface area contributed by atoms with Gasteiger partial charge in [-0.1, -0.05) is 6.07 Å². The van der Waals surface area contributed by atoms with E-state index in [0.717, 1.165) is 0 Å².